The van der Waals surface area contributed by atoms with Gasteiger partial charge in [-0.2, -0.15) is 13.2 Å². The van der Waals surface area contributed by atoms with Crippen LogP contribution in [0.2, 0.25) is 5.02 Å². The predicted octanol–water partition coefficient (Wildman–Crippen LogP) is 3.72. The number of carbonyl (C=O) groups excluding carboxylic acids is 1. The first-order chi connectivity index (χ1) is 9.67. The SMILES string of the molecule is O=C(Nc1c(Cl)cc(F)cc1Br)C1(C(F)(F)F)CCNC1. The van der Waals surface area contributed by atoms with E-state index in [1.807, 2.05) is 0 Å². The third-order valence-electron chi connectivity index (χ3n) is 3.38. The van der Waals surface area contributed by atoms with Crippen LogP contribution in [0.4, 0.5) is 23.2 Å². The highest BCUT2D eigenvalue weighted by molar-refractivity contribution is 9.10. The van der Waals surface area contributed by atoms with E-state index >= 15 is 0 Å². The van der Waals surface area contributed by atoms with Crippen molar-refractivity contribution in [2.24, 2.45) is 5.41 Å². The van der Waals surface area contributed by atoms with Crippen LogP contribution >= 0.6 is 27.5 Å². The van der Waals surface area contributed by atoms with Crippen molar-refractivity contribution in [1.29, 1.82) is 0 Å². The Labute approximate surface area is 131 Å². The Morgan fingerprint density at radius 3 is 2.57 bits per heavy atom. The lowest BCUT2D eigenvalue weighted by molar-refractivity contribution is -0.213. The molecule has 0 bridgehead atoms. The third kappa shape index (κ3) is 3.02. The van der Waals surface area contributed by atoms with Crippen LogP contribution in [0.3, 0.4) is 0 Å². The summed E-state index contributed by atoms with van der Waals surface area (Å²) in [5, 5.41) is 4.51. The zero-order chi connectivity index (χ0) is 15.8. The van der Waals surface area contributed by atoms with Gasteiger partial charge in [0.15, 0.2) is 5.41 Å². The predicted molar refractivity (Wildman–Crippen MR) is 73.7 cm³/mol. The second-order valence-electron chi connectivity index (χ2n) is 4.71. The summed E-state index contributed by atoms with van der Waals surface area (Å²) in [6, 6.07) is 1.92. The summed E-state index contributed by atoms with van der Waals surface area (Å²) < 4.78 is 52.9. The summed E-state index contributed by atoms with van der Waals surface area (Å²) in [5.74, 6) is -1.88. The molecular formula is C12H10BrClF4N2O. The number of anilines is 1. The maximum Gasteiger partial charge on any atom is 0.404 e. The fourth-order valence-corrected chi connectivity index (χ4v) is 3.05. The summed E-state index contributed by atoms with van der Waals surface area (Å²) in [7, 11) is 0. The maximum absolute atomic E-state index is 13.2. The molecule has 2 N–H and O–H groups in total. The van der Waals surface area contributed by atoms with E-state index < -0.39 is 29.9 Å². The normalized spacial score (nSPS) is 22.4. The van der Waals surface area contributed by atoms with Crippen LogP contribution in [0.5, 0.6) is 0 Å². The van der Waals surface area contributed by atoms with E-state index in [0.29, 0.717) is 0 Å². The number of hydrogen-bond acceptors (Lipinski definition) is 2. The van der Waals surface area contributed by atoms with Gasteiger partial charge in [0.25, 0.3) is 0 Å². The van der Waals surface area contributed by atoms with Crippen molar-refractivity contribution in [1.82, 2.24) is 5.32 Å². The molecule has 0 spiro atoms. The highest BCUT2D eigenvalue weighted by Gasteiger charge is 2.61. The lowest BCUT2D eigenvalue weighted by atomic mass is 9.85. The number of benzene rings is 1. The molecule has 1 aromatic carbocycles. The maximum atomic E-state index is 13.2. The van der Waals surface area contributed by atoms with Gasteiger partial charge in [-0.25, -0.2) is 4.39 Å². The van der Waals surface area contributed by atoms with E-state index in [1.54, 1.807) is 0 Å². The molecule has 0 saturated carbocycles. The molecule has 21 heavy (non-hydrogen) atoms. The molecule has 0 radical (unpaired) electrons. The Kier molecular flexibility index (Phi) is 4.51. The molecule has 1 saturated heterocycles. The smallest absolute Gasteiger partial charge is 0.323 e. The van der Waals surface area contributed by atoms with E-state index in [-0.39, 0.29) is 28.1 Å². The largest absolute Gasteiger partial charge is 0.404 e. The Bertz CT molecular complexity index is 550. The molecule has 1 amide bonds. The molecule has 9 heteroatoms. The van der Waals surface area contributed by atoms with Gasteiger partial charge in [-0.1, -0.05) is 11.6 Å². The van der Waals surface area contributed by atoms with E-state index in [9.17, 15) is 22.4 Å². The molecule has 1 aromatic rings. The first-order valence-electron chi connectivity index (χ1n) is 5.91. The monoisotopic (exact) mass is 388 g/mol. The van der Waals surface area contributed by atoms with E-state index in [0.717, 1.165) is 12.1 Å². The molecule has 1 atom stereocenters. The van der Waals surface area contributed by atoms with Crippen LogP contribution in [0.25, 0.3) is 0 Å². The Morgan fingerprint density at radius 1 is 1.43 bits per heavy atom. The molecule has 1 unspecified atom stereocenters. The summed E-state index contributed by atoms with van der Waals surface area (Å²) in [4.78, 5) is 12.1. The van der Waals surface area contributed by atoms with Gasteiger partial charge < -0.3 is 10.6 Å². The van der Waals surface area contributed by atoms with Gasteiger partial charge in [-0.15, -0.1) is 0 Å². The number of alkyl halides is 3. The lowest BCUT2D eigenvalue weighted by Crippen LogP contribution is -2.49. The van der Waals surface area contributed by atoms with Crippen molar-refractivity contribution in [2.45, 2.75) is 12.6 Å². The van der Waals surface area contributed by atoms with Gasteiger partial charge in [0.05, 0.1) is 10.7 Å². The summed E-state index contributed by atoms with van der Waals surface area (Å²) in [6.07, 6.45) is -5.06. The minimum absolute atomic E-state index is 0.0733. The number of hydrogen-bond donors (Lipinski definition) is 2. The molecule has 0 aromatic heterocycles. The van der Waals surface area contributed by atoms with Gasteiger partial charge >= 0.3 is 6.18 Å². The molecule has 0 aliphatic carbocycles. The Hall–Kier alpha value is -0.860. The Morgan fingerprint density at radius 2 is 2.10 bits per heavy atom. The first-order valence-corrected chi connectivity index (χ1v) is 7.08. The topological polar surface area (TPSA) is 41.1 Å². The van der Waals surface area contributed by atoms with Gasteiger partial charge in [-0.05, 0) is 41.0 Å². The van der Waals surface area contributed by atoms with Crippen LogP contribution in [-0.2, 0) is 4.79 Å². The van der Waals surface area contributed by atoms with Crippen molar-refractivity contribution in [3.8, 4) is 0 Å². The van der Waals surface area contributed by atoms with Crippen LogP contribution in [-0.4, -0.2) is 25.2 Å². The van der Waals surface area contributed by atoms with Crippen LogP contribution in [0, 0.1) is 11.2 Å². The molecule has 1 fully saturated rings. The van der Waals surface area contributed by atoms with Gasteiger partial charge in [0.2, 0.25) is 5.91 Å². The van der Waals surface area contributed by atoms with Gasteiger partial charge in [0, 0.05) is 11.0 Å². The van der Waals surface area contributed by atoms with Crippen molar-refractivity contribution >= 4 is 39.1 Å². The molecular weight excluding hydrogens is 379 g/mol. The minimum atomic E-state index is -4.69. The second-order valence-corrected chi connectivity index (χ2v) is 5.97. The fraction of sp³-hybridized carbons (Fsp3) is 0.417. The van der Waals surface area contributed by atoms with Crippen molar-refractivity contribution in [3.05, 3.63) is 27.4 Å². The summed E-state index contributed by atoms with van der Waals surface area (Å²) in [5.41, 5.74) is -2.59. The molecule has 3 nitrogen and oxygen atoms in total. The summed E-state index contributed by atoms with van der Waals surface area (Å²) in [6.45, 7) is -0.413. The molecule has 2 rings (SSSR count). The van der Waals surface area contributed by atoms with Crippen LogP contribution in [0.1, 0.15) is 6.42 Å². The van der Waals surface area contributed by atoms with Crippen LogP contribution in [0.15, 0.2) is 16.6 Å². The van der Waals surface area contributed by atoms with Crippen LogP contribution < -0.4 is 10.6 Å². The highest BCUT2D eigenvalue weighted by Crippen LogP contribution is 2.44. The third-order valence-corrected chi connectivity index (χ3v) is 4.30. The zero-order valence-electron chi connectivity index (χ0n) is 10.5. The number of halogens is 6. The second kappa shape index (κ2) is 5.73. The molecule has 116 valence electrons. The fourth-order valence-electron chi connectivity index (χ4n) is 2.15. The number of nitrogens with one attached hydrogen (secondary N) is 2. The average molecular weight is 390 g/mol. The molecule has 1 aliphatic heterocycles. The first kappa shape index (κ1) is 16.5. The summed E-state index contributed by atoms with van der Waals surface area (Å²) >= 11 is 8.73. The average Bonchev–Trinajstić information content (AvgIpc) is 2.83. The standard InChI is InChI=1S/C12H10BrClF4N2O/c13-7-3-6(15)4-8(14)9(7)20-10(21)11(12(16,17)18)1-2-19-5-11/h3-4,19H,1-2,5H2,(H,20,21). The van der Waals surface area contributed by atoms with Crippen molar-refractivity contribution in [3.63, 3.8) is 0 Å². The minimum Gasteiger partial charge on any atom is -0.323 e. The van der Waals surface area contributed by atoms with Gasteiger partial charge in [0.1, 0.15) is 5.82 Å². The highest BCUT2D eigenvalue weighted by atomic mass is 79.9. The molecule has 1 aliphatic rings. The van der Waals surface area contributed by atoms with E-state index in [4.69, 9.17) is 11.6 Å². The quantitative estimate of drug-likeness (QED) is 0.757. The number of amides is 1. The van der Waals surface area contributed by atoms with Gasteiger partial charge in [-0.3, -0.25) is 4.79 Å². The van der Waals surface area contributed by atoms with Crippen molar-refractivity contribution < 1.29 is 22.4 Å². The number of carbonyl (C=O) groups is 1. The van der Waals surface area contributed by atoms with Crippen molar-refractivity contribution in [2.75, 3.05) is 18.4 Å². The lowest BCUT2D eigenvalue weighted by Gasteiger charge is -2.29. The van der Waals surface area contributed by atoms with E-state index in [1.165, 1.54) is 0 Å². The number of rotatable bonds is 2. The molecule has 1 heterocycles. The van der Waals surface area contributed by atoms with E-state index in [2.05, 4.69) is 26.6 Å². The Balaban J connectivity index is 2.33. The zero-order valence-corrected chi connectivity index (χ0v) is 12.8.